The molecule has 1 atom stereocenters. The Hall–Kier alpha value is -2.24. The molecule has 0 bridgehead atoms. The van der Waals surface area contributed by atoms with Crippen molar-refractivity contribution >= 4 is 11.9 Å². The van der Waals surface area contributed by atoms with Crippen LogP contribution in [0.25, 0.3) is 0 Å². The van der Waals surface area contributed by atoms with Crippen LogP contribution in [-0.2, 0) is 9.59 Å². The van der Waals surface area contributed by atoms with Crippen LogP contribution in [0.5, 0.6) is 11.5 Å². The number of aliphatic carboxylic acids is 1. The lowest BCUT2D eigenvalue weighted by Crippen LogP contribution is -2.34. The van der Waals surface area contributed by atoms with Crippen molar-refractivity contribution in [3.8, 4) is 11.5 Å². The lowest BCUT2D eigenvalue weighted by atomic mass is 10.2. The standard InChI is InChI=1S/C14H19NO5/c1-10(9-14(17)18)15-13(16)7-8-20-12-5-3-11(19-2)4-6-12/h3-6,10H,7-9H2,1-2H3,(H,15,16)(H,17,18). The normalized spacial score (nSPS) is 11.5. The quantitative estimate of drug-likeness (QED) is 0.753. The Morgan fingerprint density at radius 3 is 2.40 bits per heavy atom. The van der Waals surface area contributed by atoms with E-state index in [0.29, 0.717) is 5.75 Å². The van der Waals surface area contributed by atoms with Gasteiger partial charge in [-0.1, -0.05) is 0 Å². The zero-order valence-electron chi connectivity index (χ0n) is 11.6. The summed E-state index contributed by atoms with van der Waals surface area (Å²) >= 11 is 0. The Morgan fingerprint density at radius 1 is 1.25 bits per heavy atom. The van der Waals surface area contributed by atoms with Crippen LogP contribution in [0.15, 0.2) is 24.3 Å². The van der Waals surface area contributed by atoms with Crippen molar-refractivity contribution in [2.75, 3.05) is 13.7 Å². The zero-order valence-corrected chi connectivity index (χ0v) is 11.6. The molecule has 1 aromatic carbocycles. The molecule has 1 aromatic rings. The molecular weight excluding hydrogens is 262 g/mol. The molecule has 6 heteroatoms. The number of methoxy groups -OCH3 is 1. The van der Waals surface area contributed by atoms with E-state index in [2.05, 4.69) is 5.32 Å². The highest BCUT2D eigenvalue weighted by molar-refractivity contribution is 5.77. The van der Waals surface area contributed by atoms with E-state index in [1.807, 2.05) is 0 Å². The van der Waals surface area contributed by atoms with Gasteiger partial charge in [0.05, 0.1) is 26.6 Å². The monoisotopic (exact) mass is 281 g/mol. The summed E-state index contributed by atoms with van der Waals surface area (Å²) < 4.78 is 10.4. The minimum atomic E-state index is -0.938. The Kier molecular flexibility index (Phi) is 6.36. The fourth-order valence-corrected chi connectivity index (χ4v) is 1.59. The van der Waals surface area contributed by atoms with E-state index in [1.54, 1.807) is 38.3 Å². The number of rotatable bonds is 8. The fraction of sp³-hybridized carbons (Fsp3) is 0.429. The molecule has 0 saturated heterocycles. The summed E-state index contributed by atoms with van der Waals surface area (Å²) in [7, 11) is 1.58. The van der Waals surface area contributed by atoms with Gasteiger partial charge < -0.3 is 19.9 Å². The number of amides is 1. The lowest BCUT2D eigenvalue weighted by molar-refractivity contribution is -0.137. The van der Waals surface area contributed by atoms with Gasteiger partial charge in [0.2, 0.25) is 5.91 Å². The predicted octanol–water partition coefficient (Wildman–Crippen LogP) is 1.44. The second-order valence-corrected chi connectivity index (χ2v) is 4.34. The van der Waals surface area contributed by atoms with E-state index in [1.165, 1.54) is 0 Å². The Bertz CT molecular complexity index is 443. The SMILES string of the molecule is COc1ccc(OCCC(=O)NC(C)CC(=O)O)cc1. The highest BCUT2D eigenvalue weighted by atomic mass is 16.5. The third kappa shape index (κ3) is 6.08. The molecule has 1 unspecified atom stereocenters. The van der Waals surface area contributed by atoms with Gasteiger partial charge in [0.25, 0.3) is 0 Å². The summed E-state index contributed by atoms with van der Waals surface area (Å²) in [5.41, 5.74) is 0. The van der Waals surface area contributed by atoms with Crippen molar-refractivity contribution in [3.63, 3.8) is 0 Å². The van der Waals surface area contributed by atoms with Crippen molar-refractivity contribution in [3.05, 3.63) is 24.3 Å². The Balaban J connectivity index is 2.25. The summed E-state index contributed by atoms with van der Waals surface area (Å²) in [4.78, 5) is 22.0. The van der Waals surface area contributed by atoms with Crippen molar-refractivity contribution in [1.82, 2.24) is 5.32 Å². The van der Waals surface area contributed by atoms with Gasteiger partial charge in [-0.25, -0.2) is 0 Å². The third-order valence-corrected chi connectivity index (χ3v) is 2.55. The zero-order chi connectivity index (χ0) is 15.0. The van der Waals surface area contributed by atoms with Gasteiger partial charge in [0.1, 0.15) is 11.5 Å². The Morgan fingerprint density at radius 2 is 1.85 bits per heavy atom. The van der Waals surface area contributed by atoms with E-state index < -0.39 is 5.97 Å². The maximum Gasteiger partial charge on any atom is 0.305 e. The van der Waals surface area contributed by atoms with Crippen LogP contribution >= 0.6 is 0 Å². The first-order valence-corrected chi connectivity index (χ1v) is 6.29. The van der Waals surface area contributed by atoms with Gasteiger partial charge in [0, 0.05) is 6.04 Å². The van der Waals surface area contributed by atoms with E-state index in [0.717, 1.165) is 5.75 Å². The summed E-state index contributed by atoms with van der Waals surface area (Å²) in [6.07, 6.45) is 0.0844. The molecule has 110 valence electrons. The molecule has 0 aliphatic heterocycles. The number of carboxylic acid groups (broad SMARTS) is 1. The van der Waals surface area contributed by atoms with Gasteiger partial charge in [-0.05, 0) is 31.2 Å². The molecule has 0 saturated carbocycles. The molecule has 1 amide bonds. The van der Waals surface area contributed by atoms with E-state index in [9.17, 15) is 9.59 Å². The predicted molar refractivity (Wildman–Crippen MR) is 73.0 cm³/mol. The van der Waals surface area contributed by atoms with Gasteiger partial charge in [-0.2, -0.15) is 0 Å². The van der Waals surface area contributed by atoms with Crippen LogP contribution in [-0.4, -0.2) is 36.7 Å². The molecule has 6 nitrogen and oxygen atoms in total. The first kappa shape index (κ1) is 15.8. The van der Waals surface area contributed by atoms with Crippen LogP contribution in [0.2, 0.25) is 0 Å². The lowest BCUT2D eigenvalue weighted by Gasteiger charge is -2.12. The molecule has 2 N–H and O–H groups in total. The third-order valence-electron chi connectivity index (χ3n) is 2.55. The number of carbonyl (C=O) groups is 2. The first-order chi connectivity index (χ1) is 9.51. The van der Waals surface area contributed by atoms with Crippen LogP contribution in [0.1, 0.15) is 19.8 Å². The van der Waals surface area contributed by atoms with Crippen molar-refractivity contribution in [2.24, 2.45) is 0 Å². The minimum absolute atomic E-state index is 0.0922. The van der Waals surface area contributed by atoms with Gasteiger partial charge >= 0.3 is 5.97 Å². The molecule has 20 heavy (non-hydrogen) atoms. The molecule has 0 spiro atoms. The number of hydrogen-bond acceptors (Lipinski definition) is 4. The second kappa shape index (κ2) is 8.04. The molecule has 0 radical (unpaired) electrons. The molecule has 0 heterocycles. The van der Waals surface area contributed by atoms with Crippen LogP contribution in [0, 0.1) is 0 Å². The van der Waals surface area contributed by atoms with Gasteiger partial charge in [-0.15, -0.1) is 0 Å². The number of carboxylic acids is 1. The fourth-order valence-electron chi connectivity index (χ4n) is 1.59. The van der Waals surface area contributed by atoms with Crippen LogP contribution in [0.4, 0.5) is 0 Å². The highest BCUT2D eigenvalue weighted by Gasteiger charge is 2.10. The largest absolute Gasteiger partial charge is 0.497 e. The van der Waals surface area contributed by atoms with Crippen LogP contribution in [0.3, 0.4) is 0 Å². The number of nitrogens with one attached hydrogen (secondary N) is 1. The van der Waals surface area contributed by atoms with Gasteiger partial charge in [0.15, 0.2) is 0 Å². The van der Waals surface area contributed by atoms with Gasteiger partial charge in [-0.3, -0.25) is 9.59 Å². The Labute approximate surface area is 117 Å². The average molecular weight is 281 g/mol. The van der Waals surface area contributed by atoms with Crippen molar-refractivity contribution < 1.29 is 24.2 Å². The summed E-state index contributed by atoms with van der Waals surface area (Å²) in [6, 6.07) is 6.66. The molecule has 0 fully saturated rings. The average Bonchev–Trinajstić information content (AvgIpc) is 2.38. The second-order valence-electron chi connectivity index (χ2n) is 4.34. The molecule has 0 aliphatic carbocycles. The molecular formula is C14H19NO5. The molecule has 0 aromatic heterocycles. The highest BCUT2D eigenvalue weighted by Crippen LogP contribution is 2.16. The number of benzene rings is 1. The summed E-state index contributed by atoms with van der Waals surface area (Å²) in [5.74, 6) is 0.217. The van der Waals surface area contributed by atoms with Crippen molar-refractivity contribution in [2.45, 2.75) is 25.8 Å². The number of hydrogen-bond donors (Lipinski definition) is 2. The van der Waals surface area contributed by atoms with E-state index in [-0.39, 0.29) is 31.4 Å². The first-order valence-electron chi connectivity index (χ1n) is 6.29. The smallest absolute Gasteiger partial charge is 0.305 e. The molecule has 1 rings (SSSR count). The summed E-state index contributed by atoms with van der Waals surface area (Å²) in [6.45, 7) is 1.88. The van der Waals surface area contributed by atoms with Crippen molar-refractivity contribution in [1.29, 1.82) is 0 Å². The molecule has 0 aliphatic rings. The minimum Gasteiger partial charge on any atom is -0.497 e. The topological polar surface area (TPSA) is 84.9 Å². The van der Waals surface area contributed by atoms with E-state index in [4.69, 9.17) is 14.6 Å². The number of carbonyl (C=O) groups excluding carboxylic acids is 1. The van der Waals surface area contributed by atoms with Crippen LogP contribution < -0.4 is 14.8 Å². The maximum absolute atomic E-state index is 11.5. The van der Waals surface area contributed by atoms with E-state index >= 15 is 0 Å². The number of ether oxygens (including phenoxy) is 2. The summed E-state index contributed by atoms with van der Waals surface area (Å²) in [5, 5.41) is 11.2. The maximum atomic E-state index is 11.5.